The molecule has 9 heteroatoms. The number of alkyl halides is 3. The number of fused-ring (bicyclic) bond motifs is 1. The van der Waals surface area contributed by atoms with Crippen LogP contribution in [-0.4, -0.2) is 14.5 Å². The highest BCUT2D eigenvalue weighted by Gasteiger charge is 2.37. The van der Waals surface area contributed by atoms with Crippen molar-refractivity contribution in [2.45, 2.75) is 6.18 Å². The Balaban J connectivity index is 2.80. The van der Waals surface area contributed by atoms with Crippen LogP contribution >= 0.6 is 28.4 Å². The van der Waals surface area contributed by atoms with E-state index in [-0.39, 0.29) is 23.0 Å². The molecule has 0 aromatic carbocycles. The minimum atomic E-state index is -4.55. The van der Waals surface area contributed by atoms with E-state index in [1.165, 1.54) is 10.6 Å². The molecule has 0 N–H and O–H groups in total. The third kappa shape index (κ3) is 2.21. The van der Waals surface area contributed by atoms with E-state index < -0.39 is 11.9 Å². The highest BCUT2D eigenvalue weighted by atomic mass is 127. The summed E-state index contributed by atoms with van der Waals surface area (Å²) in [6.45, 7) is 0. The molecule has 0 aliphatic carbocycles. The van der Waals surface area contributed by atoms with Crippen LogP contribution in [0.25, 0.3) is 11.0 Å². The van der Waals surface area contributed by atoms with Crippen molar-refractivity contribution in [2.24, 2.45) is 0 Å². The largest absolute Gasteiger partial charge is 0.435 e. The van der Waals surface area contributed by atoms with E-state index in [9.17, 15) is 13.2 Å². The standard InChI is InChI=1S/C8H3F3IN4P/c9-8(10,11)6-5-1-4(2-13)3-14-7(5)16(15-6)17-12/h1,3,17H. The molecular weight excluding hydrogens is 367 g/mol. The lowest BCUT2D eigenvalue weighted by molar-refractivity contribution is -0.140. The van der Waals surface area contributed by atoms with Gasteiger partial charge >= 0.3 is 6.18 Å². The summed E-state index contributed by atoms with van der Waals surface area (Å²) in [6.07, 6.45) is -3.30. The number of nitrogens with zero attached hydrogens (tertiary/aromatic N) is 4. The minimum Gasteiger partial charge on any atom is -0.235 e. The van der Waals surface area contributed by atoms with Gasteiger partial charge in [0, 0.05) is 6.20 Å². The first kappa shape index (κ1) is 12.5. The molecule has 0 aliphatic rings. The lowest BCUT2D eigenvalue weighted by Crippen LogP contribution is -2.06. The quantitative estimate of drug-likeness (QED) is 0.573. The maximum absolute atomic E-state index is 12.7. The summed E-state index contributed by atoms with van der Waals surface area (Å²) in [7, 11) is 0. The Morgan fingerprint density at radius 1 is 1.47 bits per heavy atom. The van der Waals surface area contributed by atoms with Crippen molar-refractivity contribution in [2.75, 3.05) is 0 Å². The second-order valence-corrected chi connectivity index (χ2v) is 5.09. The molecule has 2 heterocycles. The molecular formula is C8H3F3IN4P. The molecule has 4 nitrogen and oxygen atoms in total. The van der Waals surface area contributed by atoms with Crippen LogP contribution in [0.5, 0.6) is 0 Å². The van der Waals surface area contributed by atoms with E-state index in [2.05, 4.69) is 10.1 Å². The van der Waals surface area contributed by atoms with Crippen molar-refractivity contribution in [1.29, 1.82) is 5.26 Å². The maximum Gasteiger partial charge on any atom is 0.435 e. The molecule has 2 rings (SSSR count). The average Bonchev–Trinajstić information content (AvgIpc) is 2.66. The molecule has 0 fully saturated rings. The van der Waals surface area contributed by atoms with Crippen LogP contribution in [0.2, 0.25) is 0 Å². The second-order valence-electron chi connectivity index (χ2n) is 3.05. The molecule has 88 valence electrons. The van der Waals surface area contributed by atoms with E-state index in [0.717, 1.165) is 6.07 Å². The van der Waals surface area contributed by atoms with E-state index in [1.807, 2.05) is 22.0 Å². The normalized spacial score (nSPS) is 12.4. The van der Waals surface area contributed by atoms with Gasteiger partial charge in [0.25, 0.3) is 0 Å². The van der Waals surface area contributed by atoms with Crippen molar-refractivity contribution in [3.8, 4) is 6.07 Å². The van der Waals surface area contributed by atoms with E-state index in [1.54, 1.807) is 6.07 Å². The average molecular weight is 370 g/mol. The first-order valence-corrected chi connectivity index (χ1v) is 8.26. The molecule has 2 aromatic rings. The molecule has 1 unspecified atom stereocenters. The SMILES string of the molecule is N#Cc1cnc2c(c1)c(C(F)(F)F)nn2PI. The van der Waals surface area contributed by atoms with Gasteiger partial charge in [0.15, 0.2) is 11.3 Å². The van der Waals surface area contributed by atoms with Crippen molar-refractivity contribution in [3.05, 3.63) is 23.5 Å². The zero-order chi connectivity index (χ0) is 12.6. The van der Waals surface area contributed by atoms with Crippen LogP contribution in [0.15, 0.2) is 12.3 Å². The molecule has 0 spiro atoms. The number of halogens is 4. The van der Waals surface area contributed by atoms with Crippen LogP contribution in [0.3, 0.4) is 0 Å². The minimum absolute atomic E-state index is 0.0113. The van der Waals surface area contributed by atoms with Gasteiger partial charge in [-0.3, -0.25) is 0 Å². The fourth-order valence-electron chi connectivity index (χ4n) is 1.33. The van der Waals surface area contributed by atoms with Crippen molar-refractivity contribution < 1.29 is 13.2 Å². The van der Waals surface area contributed by atoms with Gasteiger partial charge in [-0.05, 0) is 28.1 Å². The highest BCUT2D eigenvalue weighted by Crippen LogP contribution is 2.37. The molecule has 1 atom stereocenters. The topological polar surface area (TPSA) is 54.5 Å². The highest BCUT2D eigenvalue weighted by molar-refractivity contribution is 14.2. The van der Waals surface area contributed by atoms with Crippen molar-refractivity contribution in [3.63, 3.8) is 0 Å². The number of rotatable bonds is 1. The molecule has 0 saturated carbocycles. The van der Waals surface area contributed by atoms with E-state index in [4.69, 9.17) is 5.26 Å². The van der Waals surface area contributed by atoms with Gasteiger partial charge < -0.3 is 0 Å². The lowest BCUT2D eigenvalue weighted by atomic mass is 10.2. The second kappa shape index (κ2) is 4.38. The van der Waals surface area contributed by atoms with Gasteiger partial charge in [-0.1, -0.05) is 0 Å². The van der Waals surface area contributed by atoms with Crippen LogP contribution < -0.4 is 0 Å². The number of hydrogen-bond acceptors (Lipinski definition) is 3. The molecule has 0 radical (unpaired) electrons. The smallest absolute Gasteiger partial charge is 0.235 e. The summed E-state index contributed by atoms with van der Waals surface area (Å²) >= 11 is 1.92. The van der Waals surface area contributed by atoms with Crippen molar-refractivity contribution >= 4 is 39.4 Å². The number of aromatic nitrogens is 3. The molecule has 17 heavy (non-hydrogen) atoms. The van der Waals surface area contributed by atoms with Gasteiger partial charge in [-0.15, -0.1) is 0 Å². The Morgan fingerprint density at radius 3 is 2.71 bits per heavy atom. The third-order valence-electron chi connectivity index (χ3n) is 2.00. The zero-order valence-corrected chi connectivity index (χ0v) is 11.1. The third-order valence-corrected chi connectivity index (χ3v) is 3.84. The summed E-state index contributed by atoms with van der Waals surface area (Å²) in [5.74, 6) is 0. The Hall–Kier alpha value is -0.940. The molecule has 0 amide bonds. The van der Waals surface area contributed by atoms with Crippen LogP contribution in [0, 0.1) is 11.3 Å². The van der Waals surface area contributed by atoms with Gasteiger partial charge in [0.05, 0.1) is 17.3 Å². The van der Waals surface area contributed by atoms with Gasteiger partial charge in [-0.2, -0.15) is 23.5 Å². The fraction of sp³-hybridized carbons (Fsp3) is 0.125. The first-order chi connectivity index (χ1) is 7.97. The van der Waals surface area contributed by atoms with E-state index >= 15 is 0 Å². The van der Waals surface area contributed by atoms with Crippen LogP contribution in [0.1, 0.15) is 11.3 Å². The zero-order valence-electron chi connectivity index (χ0n) is 7.96. The summed E-state index contributed by atoms with van der Waals surface area (Å²) in [4.78, 5) is 3.84. The lowest BCUT2D eigenvalue weighted by Gasteiger charge is -2.01. The summed E-state index contributed by atoms with van der Waals surface area (Å²) in [6, 6.07) is 2.92. The van der Waals surface area contributed by atoms with Gasteiger partial charge in [0.1, 0.15) is 6.07 Å². The fourth-order valence-corrected chi connectivity index (χ4v) is 2.74. The number of nitriles is 1. The van der Waals surface area contributed by atoms with Gasteiger partial charge in [0.2, 0.25) is 0 Å². The van der Waals surface area contributed by atoms with Gasteiger partial charge in [-0.25, -0.2) is 9.44 Å². The Labute approximate surface area is 108 Å². The molecule has 0 bridgehead atoms. The number of pyridine rings is 1. The summed E-state index contributed by atoms with van der Waals surface area (Å²) in [5, 5.41) is 12.0. The maximum atomic E-state index is 12.7. The van der Waals surface area contributed by atoms with Crippen LogP contribution in [-0.2, 0) is 6.18 Å². The Morgan fingerprint density at radius 2 is 2.18 bits per heavy atom. The first-order valence-electron chi connectivity index (χ1n) is 4.20. The van der Waals surface area contributed by atoms with Crippen molar-refractivity contribution in [1.82, 2.24) is 14.5 Å². The summed E-state index contributed by atoms with van der Waals surface area (Å²) in [5.41, 5.74) is -0.773. The predicted octanol–water partition coefficient (Wildman–Crippen LogP) is 3.11. The summed E-state index contributed by atoms with van der Waals surface area (Å²) < 4.78 is 39.3. The van der Waals surface area contributed by atoms with Crippen LogP contribution in [0.4, 0.5) is 13.2 Å². The predicted molar refractivity (Wildman–Crippen MR) is 65.0 cm³/mol. The monoisotopic (exact) mass is 370 g/mol. The molecule has 0 aliphatic heterocycles. The molecule has 0 saturated heterocycles. The Kier molecular flexibility index (Phi) is 3.23. The molecule has 2 aromatic heterocycles. The van der Waals surface area contributed by atoms with E-state index in [0.29, 0.717) is 0 Å². The number of hydrogen-bond donors (Lipinski definition) is 0. The Bertz CT molecular complexity index is 615.